The second kappa shape index (κ2) is 7.62. The molecule has 1 saturated heterocycles. The molecule has 2 aromatic rings. The normalized spacial score (nSPS) is 21.0. The summed E-state index contributed by atoms with van der Waals surface area (Å²) in [6.07, 6.45) is 2.92. The quantitative estimate of drug-likeness (QED) is 0.845. The maximum Gasteiger partial charge on any atom is 0.223 e. The van der Waals surface area contributed by atoms with Crippen molar-refractivity contribution in [1.82, 2.24) is 14.7 Å². The number of nitrogens with zero attached hydrogens (tertiary/aromatic N) is 3. The first-order chi connectivity index (χ1) is 12.3. The van der Waals surface area contributed by atoms with Crippen LogP contribution in [0.15, 0.2) is 42.6 Å². The average molecular weight is 355 g/mol. The standard InChI is InChI=1S/C21H29N3O2/c1-21(2,3)19-15-24(14-18(26-19)16-8-6-5-7-9-16)20(25)11-10-17-12-13-22-23(17)4/h5-9,12-13,18-19H,10-11,14-15H2,1-4H3/t18-,19+/m0/s1. The Morgan fingerprint density at radius 3 is 2.54 bits per heavy atom. The molecule has 1 amide bonds. The fourth-order valence-electron chi connectivity index (χ4n) is 3.33. The lowest BCUT2D eigenvalue weighted by Crippen LogP contribution is -2.51. The number of rotatable bonds is 4. The van der Waals surface area contributed by atoms with Gasteiger partial charge in [-0.2, -0.15) is 5.10 Å². The van der Waals surface area contributed by atoms with Gasteiger partial charge in [0.05, 0.1) is 12.6 Å². The lowest BCUT2D eigenvalue weighted by atomic mass is 9.87. The third kappa shape index (κ3) is 4.33. The molecule has 2 atom stereocenters. The maximum atomic E-state index is 12.9. The van der Waals surface area contributed by atoms with E-state index >= 15 is 0 Å². The summed E-state index contributed by atoms with van der Waals surface area (Å²) < 4.78 is 8.21. The van der Waals surface area contributed by atoms with Crippen LogP contribution in [0.25, 0.3) is 0 Å². The molecular weight excluding hydrogens is 326 g/mol. The zero-order chi connectivity index (χ0) is 18.7. The van der Waals surface area contributed by atoms with Crippen LogP contribution >= 0.6 is 0 Å². The Balaban J connectivity index is 1.72. The largest absolute Gasteiger partial charge is 0.366 e. The van der Waals surface area contributed by atoms with Gasteiger partial charge < -0.3 is 9.64 Å². The van der Waals surface area contributed by atoms with Crippen molar-refractivity contribution in [2.75, 3.05) is 13.1 Å². The molecule has 1 aliphatic heterocycles. The van der Waals surface area contributed by atoms with Gasteiger partial charge in [-0.3, -0.25) is 9.48 Å². The Morgan fingerprint density at radius 1 is 1.19 bits per heavy atom. The maximum absolute atomic E-state index is 12.9. The van der Waals surface area contributed by atoms with E-state index in [0.717, 1.165) is 11.3 Å². The van der Waals surface area contributed by atoms with Gasteiger partial charge in [-0.25, -0.2) is 0 Å². The highest BCUT2D eigenvalue weighted by Gasteiger charge is 2.37. The molecule has 1 aromatic heterocycles. The summed E-state index contributed by atoms with van der Waals surface area (Å²) in [5.74, 6) is 0.185. The number of carbonyl (C=O) groups is 1. The molecule has 0 radical (unpaired) electrons. The van der Waals surface area contributed by atoms with Crippen LogP contribution in [-0.2, 0) is 23.0 Å². The molecule has 0 unspecified atom stereocenters. The summed E-state index contributed by atoms with van der Waals surface area (Å²) >= 11 is 0. The van der Waals surface area contributed by atoms with E-state index < -0.39 is 0 Å². The highest BCUT2D eigenvalue weighted by atomic mass is 16.5. The number of amides is 1. The molecule has 26 heavy (non-hydrogen) atoms. The minimum atomic E-state index is -0.0742. The Labute approximate surface area is 156 Å². The van der Waals surface area contributed by atoms with Crippen LogP contribution in [-0.4, -0.2) is 39.8 Å². The van der Waals surface area contributed by atoms with E-state index in [-0.39, 0.29) is 23.5 Å². The van der Waals surface area contributed by atoms with Gasteiger partial charge in [0.25, 0.3) is 0 Å². The van der Waals surface area contributed by atoms with Crippen LogP contribution < -0.4 is 0 Å². The summed E-state index contributed by atoms with van der Waals surface area (Å²) in [7, 11) is 1.91. The fraction of sp³-hybridized carbons (Fsp3) is 0.524. The number of hydrogen-bond donors (Lipinski definition) is 0. The van der Waals surface area contributed by atoms with Crippen LogP contribution in [0.3, 0.4) is 0 Å². The van der Waals surface area contributed by atoms with Crippen molar-refractivity contribution in [1.29, 1.82) is 0 Å². The molecular formula is C21H29N3O2. The first-order valence-electron chi connectivity index (χ1n) is 9.29. The zero-order valence-corrected chi connectivity index (χ0v) is 16.2. The van der Waals surface area contributed by atoms with Crippen LogP contribution in [0.2, 0.25) is 0 Å². The predicted molar refractivity (Wildman–Crippen MR) is 102 cm³/mol. The van der Waals surface area contributed by atoms with Crippen molar-refractivity contribution in [2.45, 2.75) is 45.8 Å². The first kappa shape index (κ1) is 18.6. The summed E-state index contributed by atoms with van der Waals surface area (Å²) in [6, 6.07) is 12.2. The van der Waals surface area contributed by atoms with Crippen LogP contribution in [0, 0.1) is 5.41 Å². The van der Waals surface area contributed by atoms with E-state index in [2.05, 4.69) is 38.0 Å². The Morgan fingerprint density at radius 2 is 1.92 bits per heavy atom. The zero-order valence-electron chi connectivity index (χ0n) is 16.2. The predicted octanol–water partition coefficient (Wildman–Crippen LogP) is 3.37. The van der Waals surface area contributed by atoms with Crippen molar-refractivity contribution in [3.63, 3.8) is 0 Å². The summed E-state index contributed by atoms with van der Waals surface area (Å²) in [4.78, 5) is 14.9. The molecule has 140 valence electrons. The van der Waals surface area contributed by atoms with Crippen LogP contribution in [0.1, 0.15) is 44.6 Å². The highest BCUT2D eigenvalue weighted by molar-refractivity contribution is 5.76. The third-order valence-corrected chi connectivity index (χ3v) is 5.11. The summed E-state index contributed by atoms with van der Waals surface area (Å²) in [6.45, 7) is 7.77. The van der Waals surface area contributed by atoms with Crippen molar-refractivity contribution in [3.05, 3.63) is 53.9 Å². The highest BCUT2D eigenvalue weighted by Crippen LogP contribution is 2.33. The second-order valence-corrected chi connectivity index (χ2v) is 8.13. The Hall–Kier alpha value is -2.14. The van der Waals surface area contributed by atoms with E-state index in [0.29, 0.717) is 25.9 Å². The van der Waals surface area contributed by atoms with Gasteiger partial charge in [0, 0.05) is 31.9 Å². The van der Waals surface area contributed by atoms with Crippen molar-refractivity contribution >= 4 is 5.91 Å². The van der Waals surface area contributed by atoms with Gasteiger partial charge in [-0.1, -0.05) is 51.1 Å². The molecule has 1 aliphatic rings. The Bertz CT molecular complexity index is 733. The molecule has 0 bridgehead atoms. The monoisotopic (exact) mass is 355 g/mol. The van der Waals surface area contributed by atoms with E-state index in [4.69, 9.17) is 4.74 Å². The molecule has 5 nitrogen and oxygen atoms in total. The van der Waals surface area contributed by atoms with Crippen molar-refractivity contribution < 1.29 is 9.53 Å². The Kier molecular flexibility index (Phi) is 5.47. The topological polar surface area (TPSA) is 47.4 Å². The third-order valence-electron chi connectivity index (χ3n) is 5.11. The molecule has 1 fully saturated rings. The molecule has 5 heteroatoms. The second-order valence-electron chi connectivity index (χ2n) is 8.13. The average Bonchev–Trinajstić information content (AvgIpc) is 3.04. The SMILES string of the molecule is Cn1nccc1CCC(=O)N1C[C@@H](c2ccccc2)O[C@@H](C(C)(C)C)C1. The summed E-state index contributed by atoms with van der Waals surface area (Å²) in [5, 5.41) is 4.17. The minimum absolute atomic E-state index is 0.0158. The number of ether oxygens (including phenoxy) is 1. The first-order valence-corrected chi connectivity index (χ1v) is 9.29. The molecule has 0 saturated carbocycles. The van der Waals surface area contributed by atoms with Crippen LogP contribution in [0.5, 0.6) is 0 Å². The van der Waals surface area contributed by atoms with E-state index in [1.165, 1.54) is 0 Å². The van der Waals surface area contributed by atoms with Gasteiger partial charge >= 0.3 is 0 Å². The minimum Gasteiger partial charge on any atom is -0.366 e. The number of carbonyl (C=O) groups excluding carboxylic acids is 1. The fourth-order valence-corrected chi connectivity index (χ4v) is 3.33. The molecule has 1 aromatic carbocycles. The van der Waals surface area contributed by atoms with Gasteiger partial charge in [0.15, 0.2) is 0 Å². The molecule has 0 spiro atoms. The van der Waals surface area contributed by atoms with Crippen molar-refractivity contribution in [2.24, 2.45) is 12.5 Å². The summed E-state index contributed by atoms with van der Waals surface area (Å²) in [5.41, 5.74) is 2.19. The lowest BCUT2D eigenvalue weighted by molar-refractivity contribution is -0.157. The number of morpholine rings is 1. The van der Waals surface area contributed by atoms with Crippen molar-refractivity contribution in [3.8, 4) is 0 Å². The number of benzene rings is 1. The molecule has 3 rings (SSSR count). The molecule has 2 heterocycles. The van der Waals surface area contributed by atoms with E-state index in [9.17, 15) is 4.79 Å². The number of aryl methyl sites for hydroxylation is 2. The van der Waals surface area contributed by atoms with Gasteiger partial charge in [0.2, 0.25) is 5.91 Å². The van der Waals surface area contributed by atoms with E-state index in [1.807, 2.05) is 40.9 Å². The smallest absolute Gasteiger partial charge is 0.223 e. The lowest BCUT2D eigenvalue weighted by Gasteiger charge is -2.43. The number of hydrogen-bond acceptors (Lipinski definition) is 3. The van der Waals surface area contributed by atoms with Gasteiger partial charge in [-0.05, 0) is 23.5 Å². The van der Waals surface area contributed by atoms with Gasteiger partial charge in [0.1, 0.15) is 6.10 Å². The van der Waals surface area contributed by atoms with Gasteiger partial charge in [-0.15, -0.1) is 0 Å². The number of aromatic nitrogens is 2. The van der Waals surface area contributed by atoms with Crippen LogP contribution in [0.4, 0.5) is 0 Å². The molecule has 0 aliphatic carbocycles. The van der Waals surface area contributed by atoms with E-state index in [1.54, 1.807) is 6.20 Å². The molecule has 0 N–H and O–H groups in total.